The molecule has 0 bridgehead atoms. The molecule has 0 atom stereocenters. The van der Waals surface area contributed by atoms with E-state index in [9.17, 15) is 13.2 Å². The molecule has 0 fully saturated rings. The average molecular weight is 471 g/mol. The molecule has 0 amide bonds. The fourth-order valence-corrected chi connectivity index (χ4v) is 5.14. The first-order chi connectivity index (χ1) is 14.5. The monoisotopic (exact) mass is 470 g/mol. The summed E-state index contributed by atoms with van der Waals surface area (Å²) in [5.41, 5.74) is -3.27. The molecule has 0 spiro atoms. The molecular weight excluding hydrogens is 449 g/mol. The Hall–Kier alpha value is -2.49. The molecule has 4 nitrogen and oxygen atoms in total. The van der Waals surface area contributed by atoms with Crippen LogP contribution in [-0.4, -0.2) is 25.6 Å². The number of alkyl halides is 3. The van der Waals surface area contributed by atoms with Crippen molar-refractivity contribution in [2.75, 3.05) is 7.11 Å². The van der Waals surface area contributed by atoms with Crippen LogP contribution in [0.4, 0.5) is 13.2 Å². The first-order valence-electron chi connectivity index (χ1n) is 8.97. The molecular formula is C22H21F3O4S2. The molecule has 0 aromatic heterocycles. The minimum absolute atomic E-state index is 0.101. The van der Waals surface area contributed by atoms with Crippen LogP contribution in [0.2, 0.25) is 0 Å². The molecule has 0 saturated heterocycles. The maximum Gasteiger partial charge on any atom is 0.485 e. The van der Waals surface area contributed by atoms with Gasteiger partial charge in [-0.1, -0.05) is 36.4 Å². The van der Waals surface area contributed by atoms with Crippen LogP contribution in [0.1, 0.15) is 11.1 Å². The van der Waals surface area contributed by atoms with E-state index in [-0.39, 0.29) is 10.9 Å². The molecule has 9 heteroatoms. The van der Waals surface area contributed by atoms with Gasteiger partial charge in [-0.25, -0.2) is 8.42 Å². The Labute approximate surface area is 182 Å². The standard InChI is InChI=1S/C21H21OS.CHF3O3S/c1-16-14-20(15-17(2)21(16)22-3)23(18-10-6-4-7-11-18)19-12-8-5-9-13-19;2-1(3,4)8(5,6)7/h4-15H,1-3H3;(H,5,6,7)/q+1;/p-1. The predicted molar refractivity (Wildman–Crippen MR) is 113 cm³/mol. The second-order valence-corrected chi connectivity index (χ2v) is 9.82. The van der Waals surface area contributed by atoms with Crippen LogP contribution in [0.5, 0.6) is 5.75 Å². The topological polar surface area (TPSA) is 66.4 Å². The SMILES string of the molecule is COc1c(C)cc([S+](c2ccccc2)c2ccccc2)cc1C.O=S(=O)([O-])C(F)(F)F. The van der Waals surface area contributed by atoms with Crippen LogP contribution in [0.25, 0.3) is 0 Å². The van der Waals surface area contributed by atoms with Crippen LogP contribution in [0.15, 0.2) is 87.5 Å². The van der Waals surface area contributed by atoms with Gasteiger partial charge in [-0.15, -0.1) is 0 Å². The molecule has 0 heterocycles. The van der Waals surface area contributed by atoms with E-state index in [2.05, 4.69) is 86.6 Å². The second kappa shape index (κ2) is 10.2. The Bertz CT molecular complexity index is 1040. The van der Waals surface area contributed by atoms with Gasteiger partial charge in [0.1, 0.15) is 5.75 Å². The van der Waals surface area contributed by atoms with E-state index < -0.39 is 15.6 Å². The summed E-state index contributed by atoms with van der Waals surface area (Å²) in [6.45, 7) is 4.24. The summed E-state index contributed by atoms with van der Waals surface area (Å²) in [6, 6.07) is 26.0. The summed E-state index contributed by atoms with van der Waals surface area (Å²) in [5, 5.41) is 0. The van der Waals surface area contributed by atoms with E-state index in [1.54, 1.807) is 7.11 Å². The number of rotatable bonds is 4. The van der Waals surface area contributed by atoms with Gasteiger partial charge in [0.05, 0.1) is 18.0 Å². The van der Waals surface area contributed by atoms with Crippen molar-refractivity contribution < 1.29 is 30.9 Å². The number of hydrogen-bond acceptors (Lipinski definition) is 4. The van der Waals surface area contributed by atoms with E-state index in [0.29, 0.717) is 0 Å². The highest BCUT2D eigenvalue weighted by atomic mass is 32.2. The summed E-state index contributed by atoms with van der Waals surface area (Å²) in [5.74, 6) is 0.985. The van der Waals surface area contributed by atoms with Gasteiger partial charge in [-0.3, -0.25) is 0 Å². The van der Waals surface area contributed by atoms with Crippen molar-refractivity contribution in [3.63, 3.8) is 0 Å². The summed E-state index contributed by atoms with van der Waals surface area (Å²) < 4.78 is 64.4. The number of hydrogen-bond donors (Lipinski definition) is 0. The van der Waals surface area contributed by atoms with Crippen LogP contribution >= 0.6 is 0 Å². The number of benzene rings is 3. The van der Waals surface area contributed by atoms with Gasteiger partial charge in [0.25, 0.3) is 0 Å². The molecule has 0 aliphatic heterocycles. The van der Waals surface area contributed by atoms with Crippen LogP contribution in [0, 0.1) is 13.8 Å². The first-order valence-corrected chi connectivity index (χ1v) is 11.6. The molecule has 3 aromatic rings. The van der Waals surface area contributed by atoms with Crippen molar-refractivity contribution in [3.05, 3.63) is 83.9 Å². The van der Waals surface area contributed by atoms with Crippen molar-refractivity contribution in [1.82, 2.24) is 0 Å². The third-order valence-electron chi connectivity index (χ3n) is 4.11. The first kappa shape index (κ1) is 24.8. The van der Waals surface area contributed by atoms with Crippen molar-refractivity contribution in [3.8, 4) is 5.75 Å². The van der Waals surface area contributed by atoms with Gasteiger partial charge in [0.2, 0.25) is 0 Å². The molecule has 0 aliphatic carbocycles. The van der Waals surface area contributed by atoms with Crippen LogP contribution in [-0.2, 0) is 21.0 Å². The lowest BCUT2D eigenvalue weighted by Gasteiger charge is -2.12. The highest BCUT2D eigenvalue weighted by Crippen LogP contribution is 2.35. The van der Waals surface area contributed by atoms with E-state index in [0.717, 1.165) is 5.75 Å². The Morgan fingerprint density at radius 3 is 1.45 bits per heavy atom. The zero-order valence-corrected chi connectivity index (χ0v) is 18.6. The van der Waals surface area contributed by atoms with Gasteiger partial charge < -0.3 is 9.29 Å². The number of halogens is 3. The van der Waals surface area contributed by atoms with Crippen molar-refractivity contribution >= 4 is 21.0 Å². The maximum atomic E-state index is 10.7. The minimum atomic E-state index is -6.09. The van der Waals surface area contributed by atoms with Gasteiger partial charge in [0, 0.05) is 12.1 Å². The largest absolute Gasteiger partial charge is 0.741 e. The molecule has 3 aromatic carbocycles. The lowest BCUT2D eigenvalue weighted by atomic mass is 10.1. The smallest absolute Gasteiger partial charge is 0.485 e. The molecule has 0 radical (unpaired) electrons. The third kappa shape index (κ3) is 6.49. The maximum absolute atomic E-state index is 10.7. The van der Waals surface area contributed by atoms with Gasteiger partial charge in [-0.2, -0.15) is 13.2 Å². The lowest BCUT2D eigenvalue weighted by molar-refractivity contribution is -0.0517. The fraction of sp³-hybridized carbons (Fsp3) is 0.182. The Morgan fingerprint density at radius 1 is 0.806 bits per heavy atom. The number of aryl methyl sites for hydroxylation is 2. The molecule has 0 saturated carbocycles. The third-order valence-corrected chi connectivity index (χ3v) is 6.88. The van der Waals surface area contributed by atoms with Crippen molar-refractivity contribution in [2.24, 2.45) is 0 Å². The molecule has 166 valence electrons. The molecule has 3 rings (SSSR count). The average Bonchev–Trinajstić information content (AvgIpc) is 2.69. The molecule has 31 heavy (non-hydrogen) atoms. The number of ether oxygens (including phenoxy) is 1. The van der Waals surface area contributed by atoms with Crippen molar-refractivity contribution in [1.29, 1.82) is 0 Å². The van der Waals surface area contributed by atoms with Gasteiger partial charge >= 0.3 is 5.51 Å². The normalized spacial score (nSPS) is 11.6. The zero-order chi connectivity index (χ0) is 23.2. The van der Waals surface area contributed by atoms with E-state index in [1.807, 2.05) is 0 Å². The summed E-state index contributed by atoms with van der Waals surface area (Å²) in [4.78, 5) is 4.00. The molecule has 0 unspecified atom stereocenters. The zero-order valence-electron chi connectivity index (χ0n) is 17.0. The van der Waals surface area contributed by atoms with E-state index in [4.69, 9.17) is 17.7 Å². The summed E-state index contributed by atoms with van der Waals surface area (Å²) in [6.07, 6.45) is 0. The van der Waals surface area contributed by atoms with Crippen LogP contribution in [0.3, 0.4) is 0 Å². The van der Waals surface area contributed by atoms with Crippen molar-refractivity contribution in [2.45, 2.75) is 34.0 Å². The van der Waals surface area contributed by atoms with Crippen LogP contribution < -0.4 is 4.74 Å². The summed E-state index contributed by atoms with van der Waals surface area (Å²) >= 11 is 0. The predicted octanol–water partition coefficient (Wildman–Crippen LogP) is 5.46. The Kier molecular flexibility index (Phi) is 8.16. The van der Waals surface area contributed by atoms with E-state index >= 15 is 0 Å². The Morgan fingerprint density at radius 2 is 1.16 bits per heavy atom. The fourth-order valence-electron chi connectivity index (χ4n) is 2.87. The highest BCUT2D eigenvalue weighted by Gasteiger charge is 2.37. The lowest BCUT2D eigenvalue weighted by Crippen LogP contribution is -2.21. The minimum Gasteiger partial charge on any atom is -0.741 e. The highest BCUT2D eigenvalue weighted by molar-refractivity contribution is 7.97. The van der Waals surface area contributed by atoms with Gasteiger partial charge in [-0.05, 0) is 49.2 Å². The number of methoxy groups -OCH3 is 1. The molecule has 0 N–H and O–H groups in total. The second-order valence-electron chi connectivity index (χ2n) is 6.42. The molecule has 0 aliphatic rings. The quantitative estimate of drug-likeness (QED) is 0.289. The summed E-state index contributed by atoms with van der Waals surface area (Å²) in [7, 11) is -4.45. The van der Waals surface area contributed by atoms with Gasteiger partial charge in [0.15, 0.2) is 24.8 Å². The van der Waals surface area contributed by atoms with E-state index in [1.165, 1.54) is 25.8 Å². The Balaban J connectivity index is 0.000000366.